The van der Waals surface area contributed by atoms with Crippen molar-refractivity contribution in [3.8, 4) is 0 Å². The van der Waals surface area contributed by atoms with Gasteiger partial charge in [-0.05, 0) is 50.7 Å². The minimum Gasteiger partial charge on any atom is -0.416 e. The molecule has 3 unspecified atom stereocenters. The molecule has 1 saturated heterocycles. The average Bonchev–Trinajstić information content (AvgIpc) is 2.53. The smallest absolute Gasteiger partial charge is 0.347 e. The average molecular weight is 469 g/mol. The van der Waals surface area contributed by atoms with E-state index in [0.29, 0.717) is 6.61 Å². The molecule has 168 valence electrons. The Labute approximate surface area is 177 Å². The lowest BCUT2D eigenvalue weighted by molar-refractivity contribution is 0.0417. The molecule has 0 spiro atoms. The Hall–Kier alpha value is 0.628. The molecule has 1 N–H and O–H groups in total. The van der Waals surface area contributed by atoms with Crippen LogP contribution in [0.1, 0.15) is 53.4 Å². The van der Waals surface area contributed by atoms with E-state index in [-0.39, 0.29) is 12.3 Å². The predicted octanol–water partition coefficient (Wildman–Crippen LogP) is 4.91. The summed E-state index contributed by atoms with van der Waals surface area (Å²) >= 11 is 0. The molecule has 0 aromatic carbocycles. The summed E-state index contributed by atoms with van der Waals surface area (Å²) in [7, 11) is -10.1. The van der Waals surface area contributed by atoms with E-state index in [0.717, 1.165) is 43.8 Å². The molecule has 1 aliphatic rings. The van der Waals surface area contributed by atoms with Crippen LogP contribution in [-0.4, -0.2) is 58.3 Å². The van der Waals surface area contributed by atoms with Crippen molar-refractivity contribution < 1.29 is 26.3 Å². The SMILES string of the molecule is CCC[Si]1(C)O[Si](C)(CCC)O[Si](C)(C(CC)OCCO)O[Si](C)(CCC)O1. The van der Waals surface area contributed by atoms with Crippen molar-refractivity contribution in [2.45, 2.75) is 103 Å². The highest BCUT2D eigenvalue weighted by atomic mass is 28.5. The zero-order valence-corrected chi connectivity index (χ0v) is 23.4. The fraction of sp³-hybridized carbons (Fsp3) is 1.00. The minimum absolute atomic E-state index is 0.00276. The van der Waals surface area contributed by atoms with Gasteiger partial charge in [0.1, 0.15) is 0 Å². The van der Waals surface area contributed by atoms with Crippen LogP contribution in [0.25, 0.3) is 0 Å². The molecule has 0 amide bonds. The standard InChI is InChI=1S/C18H44O6Si4/c1-9-15-25(5)21-26(6,16-10-2)23-28(8,18(12-4)20-14-13-19)24-27(7,22-25)17-11-3/h18-19H,9-17H2,1-8H3. The maximum atomic E-state index is 9.28. The maximum absolute atomic E-state index is 9.28. The minimum atomic E-state index is -2.75. The molecule has 0 saturated carbocycles. The van der Waals surface area contributed by atoms with E-state index in [9.17, 15) is 5.11 Å². The summed E-state index contributed by atoms with van der Waals surface area (Å²) in [5.41, 5.74) is -0.142. The van der Waals surface area contributed by atoms with Crippen LogP contribution in [0.2, 0.25) is 44.3 Å². The fourth-order valence-corrected chi connectivity index (χ4v) is 28.2. The Bertz CT molecular complexity index is 447. The first kappa shape index (κ1) is 26.7. The zero-order chi connectivity index (χ0) is 21.5. The van der Waals surface area contributed by atoms with Crippen molar-refractivity contribution >= 4 is 34.2 Å². The van der Waals surface area contributed by atoms with Crippen LogP contribution >= 0.6 is 0 Å². The van der Waals surface area contributed by atoms with E-state index in [2.05, 4.69) is 53.9 Å². The van der Waals surface area contributed by atoms with Crippen molar-refractivity contribution in [1.29, 1.82) is 0 Å². The molecule has 1 fully saturated rings. The molecular formula is C18H44O6Si4. The summed E-state index contributed by atoms with van der Waals surface area (Å²) in [4.78, 5) is 0. The van der Waals surface area contributed by atoms with Crippen LogP contribution in [0.5, 0.6) is 0 Å². The first-order valence-corrected chi connectivity index (χ1v) is 21.0. The highest BCUT2D eigenvalue weighted by Gasteiger charge is 2.58. The second kappa shape index (κ2) is 11.3. The topological polar surface area (TPSA) is 66.4 Å². The van der Waals surface area contributed by atoms with Crippen molar-refractivity contribution in [1.82, 2.24) is 0 Å². The lowest BCUT2D eigenvalue weighted by Gasteiger charge is -2.51. The molecule has 0 bridgehead atoms. The number of rotatable bonds is 11. The molecule has 1 aliphatic heterocycles. The fourth-order valence-electron chi connectivity index (χ4n) is 4.49. The van der Waals surface area contributed by atoms with Crippen LogP contribution in [0.4, 0.5) is 0 Å². The van der Waals surface area contributed by atoms with E-state index in [1.165, 1.54) is 0 Å². The summed E-state index contributed by atoms with van der Waals surface area (Å²) in [5.74, 6) is 0. The van der Waals surface area contributed by atoms with Gasteiger partial charge in [-0.15, -0.1) is 0 Å². The second-order valence-corrected chi connectivity index (χ2v) is 22.8. The number of aliphatic hydroxyl groups is 1. The van der Waals surface area contributed by atoms with Gasteiger partial charge in [-0.3, -0.25) is 0 Å². The normalized spacial score (nSPS) is 38.0. The Morgan fingerprint density at radius 3 is 1.43 bits per heavy atom. The Morgan fingerprint density at radius 1 is 0.714 bits per heavy atom. The van der Waals surface area contributed by atoms with Crippen LogP contribution in [0, 0.1) is 0 Å². The van der Waals surface area contributed by atoms with Crippen LogP contribution in [0.3, 0.4) is 0 Å². The van der Waals surface area contributed by atoms with E-state index in [1.807, 2.05) is 0 Å². The molecule has 0 aliphatic carbocycles. The number of aliphatic hydroxyl groups excluding tert-OH is 1. The van der Waals surface area contributed by atoms with Crippen molar-refractivity contribution in [3.05, 3.63) is 0 Å². The Kier molecular flexibility index (Phi) is 10.8. The molecule has 0 aromatic rings. The summed E-state index contributed by atoms with van der Waals surface area (Å²) in [6.45, 7) is 17.6. The van der Waals surface area contributed by atoms with E-state index in [4.69, 9.17) is 21.2 Å². The first-order chi connectivity index (χ1) is 13.0. The second-order valence-electron chi connectivity index (χ2n) is 8.57. The lowest BCUT2D eigenvalue weighted by Crippen LogP contribution is -2.70. The summed E-state index contributed by atoms with van der Waals surface area (Å²) in [6.07, 6.45) is 3.87. The van der Waals surface area contributed by atoms with Crippen molar-refractivity contribution in [2.24, 2.45) is 0 Å². The van der Waals surface area contributed by atoms with Crippen molar-refractivity contribution in [3.63, 3.8) is 0 Å². The van der Waals surface area contributed by atoms with Gasteiger partial charge in [-0.2, -0.15) is 0 Å². The zero-order valence-electron chi connectivity index (χ0n) is 19.4. The van der Waals surface area contributed by atoms with Gasteiger partial charge >= 0.3 is 34.2 Å². The Balaban J connectivity index is 3.37. The van der Waals surface area contributed by atoms with Crippen molar-refractivity contribution in [2.75, 3.05) is 13.2 Å². The molecule has 3 atom stereocenters. The third-order valence-corrected chi connectivity index (χ3v) is 24.8. The van der Waals surface area contributed by atoms with Gasteiger partial charge in [0.2, 0.25) is 0 Å². The van der Waals surface area contributed by atoms with Gasteiger partial charge in [0.05, 0.1) is 18.9 Å². The summed E-state index contributed by atoms with van der Waals surface area (Å²) in [6, 6.07) is 2.82. The largest absolute Gasteiger partial charge is 0.416 e. The number of ether oxygens (including phenoxy) is 1. The highest BCUT2D eigenvalue weighted by Crippen LogP contribution is 2.38. The van der Waals surface area contributed by atoms with Gasteiger partial charge in [0.15, 0.2) is 0 Å². The third kappa shape index (κ3) is 7.40. The Morgan fingerprint density at radius 2 is 1.11 bits per heavy atom. The van der Waals surface area contributed by atoms with E-state index in [1.54, 1.807) is 0 Å². The van der Waals surface area contributed by atoms with E-state index >= 15 is 0 Å². The van der Waals surface area contributed by atoms with Crippen LogP contribution in [-0.2, 0) is 21.2 Å². The predicted molar refractivity (Wildman–Crippen MR) is 123 cm³/mol. The molecule has 1 rings (SSSR count). The van der Waals surface area contributed by atoms with Crippen LogP contribution < -0.4 is 0 Å². The van der Waals surface area contributed by atoms with Gasteiger partial charge < -0.3 is 26.3 Å². The maximum Gasteiger partial charge on any atom is 0.347 e. The van der Waals surface area contributed by atoms with E-state index < -0.39 is 34.2 Å². The molecule has 10 heteroatoms. The lowest BCUT2D eigenvalue weighted by atomic mass is 10.5. The quantitative estimate of drug-likeness (QED) is 0.435. The third-order valence-electron chi connectivity index (χ3n) is 5.18. The van der Waals surface area contributed by atoms with Gasteiger partial charge in [-0.25, -0.2) is 0 Å². The molecule has 6 nitrogen and oxygen atoms in total. The molecule has 0 aromatic heterocycles. The van der Waals surface area contributed by atoms with Crippen LogP contribution in [0.15, 0.2) is 0 Å². The molecule has 28 heavy (non-hydrogen) atoms. The molecular weight excluding hydrogens is 425 g/mol. The summed E-state index contributed by atoms with van der Waals surface area (Å²) < 4.78 is 33.7. The highest BCUT2D eigenvalue weighted by molar-refractivity contribution is 6.94. The molecule has 1 heterocycles. The van der Waals surface area contributed by atoms with Gasteiger partial charge in [-0.1, -0.05) is 47.0 Å². The first-order valence-electron chi connectivity index (χ1n) is 11.1. The van der Waals surface area contributed by atoms with Gasteiger partial charge in [0.25, 0.3) is 0 Å². The molecule has 0 radical (unpaired) electrons. The number of hydrogen-bond acceptors (Lipinski definition) is 6. The number of hydrogen-bond donors (Lipinski definition) is 1. The summed E-state index contributed by atoms with van der Waals surface area (Å²) in [5, 5.41) is 9.28. The monoisotopic (exact) mass is 468 g/mol. The van der Waals surface area contributed by atoms with Gasteiger partial charge in [0, 0.05) is 0 Å².